The number of rotatable bonds is 6. The lowest BCUT2D eigenvalue weighted by Gasteiger charge is -2.28. The summed E-state index contributed by atoms with van der Waals surface area (Å²) in [6.45, 7) is 2.47. The molecule has 0 saturated carbocycles. The SMILES string of the molecule is CN(C)S(=O)(=O)NCC(c1ccccc1)N1CCCC1. The first kappa shape index (κ1) is 15.4. The molecule has 5 nitrogen and oxygen atoms in total. The third-order valence-electron chi connectivity index (χ3n) is 3.71. The van der Waals surface area contributed by atoms with Crippen LogP contribution < -0.4 is 4.72 Å². The molecule has 0 radical (unpaired) electrons. The van der Waals surface area contributed by atoms with E-state index in [4.69, 9.17) is 0 Å². The average Bonchev–Trinajstić information content (AvgIpc) is 2.94. The quantitative estimate of drug-likeness (QED) is 0.859. The van der Waals surface area contributed by atoms with Crippen molar-refractivity contribution in [3.63, 3.8) is 0 Å². The molecular formula is C14H23N3O2S. The molecule has 1 saturated heterocycles. The van der Waals surface area contributed by atoms with Gasteiger partial charge in [-0.2, -0.15) is 12.7 Å². The number of likely N-dealkylation sites (tertiary alicyclic amines) is 1. The van der Waals surface area contributed by atoms with E-state index in [1.807, 2.05) is 18.2 Å². The molecule has 6 heteroatoms. The van der Waals surface area contributed by atoms with Crippen LogP contribution in [0.25, 0.3) is 0 Å². The molecule has 1 fully saturated rings. The number of benzene rings is 1. The highest BCUT2D eigenvalue weighted by molar-refractivity contribution is 7.87. The summed E-state index contributed by atoms with van der Waals surface area (Å²) in [7, 11) is -0.299. The lowest BCUT2D eigenvalue weighted by atomic mass is 10.1. The van der Waals surface area contributed by atoms with Crippen molar-refractivity contribution in [3.05, 3.63) is 35.9 Å². The van der Waals surface area contributed by atoms with E-state index in [9.17, 15) is 8.42 Å². The number of hydrogen-bond acceptors (Lipinski definition) is 3. The Morgan fingerprint density at radius 1 is 1.20 bits per heavy atom. The monoisotopic (exact) mass is 297 g/mol. The van der Waals surface area contributed by atoms with Crippen molar-refractivity contribution in [1.82, 2.24) is 13.9 Å². The van der Waals surface area contributed by atoms with Crippen LogP contribution in [0.5, 0.6) is 0 Å². The molecule has 1 N–H and O–H groups in total. The Balaban J connectivity index is 2.12. The molecule has 1 aromatic carbocycles. The van der Waals surface area contributed by atoms with E-state index in [0.717, 1.165) is 18.7 Å². The molecule has 1 atom stereocenters. The van der Waals surface area contributed by atoms with E-state index in [0.29, 0.717) is 6.54 Å². The van der Waals surface area contributed by atoms with Crippen LogP contribution in [0, 0.1) is 0 Å². The van der Waals surface area contributed by atoms with E-state index in [1.165, 1.54) is 31.2 Å². The van der Waals surface area contributed by atoms with Crippen LogP contribution in [0.3, 0.4) is 0 Å². The smallest absolute Gasteiger partial charge is 0.278 e. The van der Waals surface area contributed by atoms with Crippen molar-refractivity contribution in [3.8, 4) is 0 Å². The van der Waals surface area contributed by atoms with E-state index in [1.54, 1.807) is 0 Å². The first-order valence-electron chi connectivity index (χ1n) is 6.97. The molecule has 1 unspecified atom stereocenters. The zero-order valence-corrected chi connectivity index (χ0v) is 12.9. The van der Waals surface area contributed by atoms with Crippen molar-refractivity contribution < 1.29 is 8.42 Å². The Labute approximate surface area is 121 Å². The van der Waals surface area contributed by atoms with Gasteiger partial charge in [0.2, 0.25) is 0 Å². The fraction of sp³-hybridized carbons (Fsp3) is 0.571. The van der Waals surface area contributed by atoms with E-state index >= 15 is 0 Å². The normalized spacial score (nSPS) is 18.6. The van der Waals surface area contributed by atoms with Gasteiger partial charge in [0, 0.05) is 26.7 Å². The second-order valence-electron chi connectivity index (χ2n) is 5.31. The predicted octanol–water partition coefficient (Wildman–Crippen LogP) is 1.22. The van der Waals surface area contributed by atoms with Gasteiger partial charge < -0.3 is 0 Å². The van der Waals surface area contributed by atoms with Crippen molar-refractivity contribution in [2.75, 3.05) is 33.7 Å². The van der Waals surface area contributed by atoms with Gasteiger partial charge in [0.15, 0.2) is 0 Å². The van der Waals surface area contributed by atoms with Gasteiger partial charge in [-0.25, -0.2) is 4.72 Å². The average molecular weight is 297 g/mol. The van der Waals surface area contributed by atoms with Crippen LogP contribution >= 0.6 is 0 Å². The van der Waals surface area contributed by atoms with Crippen LogP contribution in [-0.4, -0.2) is 51.4 Å². The summed E-state index contributed by atoms with van der Waals surface area (Å²) in [5.41, 5.74) is 1.16. The summed E-state index contributed by atoms with van der Waals surface area (Å²) < 4.78 is 27.7. The van der Waals surface area contributed by atoms with Crippen molar-refractivity contribution >= 4 is 10.2 Å². The second kappa shape index (κ2) is 6.67. The predicted molar refractivity (Wildman–Crippen MR) is 80.6 cm³/mol. The van der Waals surface area contributed by atoms with Gasteiger partial charge in [-0.05, 0) is 31.5 Å². The lowest BCUT2D eigenvalue weighted by Crippen LogP contribution is -2.41. The molecule has 0 amide bonds. The van der Waals surface area contributed by atoms with E-state index in [2.05, 4.69) is 21.8 Å². The Morgan fingerprint density at radius 2 is 1.80 bits per heavy atom. The molecule has 112 valence electrons. The summed E-state index contributed by atoms with van der Waals surface area (Å²) in [5.74, 6) is 0. The fourth-order valence-electron chi connectivity index (χ4n) is 2.50. The maximum absolute atomic E-state index is 11.9. The Hall–Kier alpha value is -0.950. The zero-order chi connectivity index (χ0) is 14.6. The van der Waals surface area contributed by atoms with Crippen molar-refractivity contribution in [1.29, 1.82) is 0 Å². The Morgan fingerprint density at radius 3 is 2.35 bits per heavy atom. The summed E-state index contributed by atoms with van der Waals surface area (Å²) in [6, 6.07) is 10.2. The molecule has 1 heterocycles. The highest BCUT2D eigenvalue weighted by atomic mass is 32.2. The highest BCUT2D eigenvalue weighted by Gasteiger charge is 2.25. The number of nitrogens with zero attached hydrogens (tertiary/aromatic N) is 2. The van der Waals surface area contributed by atoms with Gasteiger partial charge in [-0.15, -0.1) is 0 Å². The van der Waals surface area contributed by atoms with Crippen LogP contribution in [-0.2, 0) is 10.2 Å². The van der Waals surface area contributed by atoms with Crippen LogP contribution in [0.15, 0.2) is 30.3 Å². The first-order valence-corrected chi connectivity index (χ1v) is 8.41. The van der Waals surface area contributed by atoms with Crippen molar-refractivity contribution in [2.45, 2.75) is 18.9 Å². The highest BCUT2D eigenvalue weighted by Crippen LogP contribution is 2.24. The van der Waals surface area contributed by atoms with Gasteiger partial charge in [0.25, 0.3) is 10.2 Å². The third kappa shape index (κ3) is 3.79. The molecule has 2 rings (SSSR count). The molecule has 1 aliphatic rings. The molecule has 1 aromatic rings. The summed E-state index contributed by atoms with van der Waals surface area (Å²) >= 11 is 0. The van der Waals surface area contributed by atoms with Crippen LogP contribution in [0.2, 0.25) is 0 Å². The third-order valence-corrected chi connectivity index (χ3v) is 5.20. The number of hydrogen-bond donors (Lipinski definition) is 1. The molecule has 0 spiro atoms. The molecular weight excluding hydrogens is 274 g/mol. The van der Waals surface area contributed by atoms with Gasteiger partial charge >= 0.3 is 0 Å². The lowest BCUT2D eigenvalue weighted by molar-refractivity contribution is 0.245. The zero-order valence-electron chi connectivity index (χ0n) is 12.1. The number of nitrogens with one attached hydrogen (secondary N) is 1. The van der Waals surface area contributed by atoms with E-state index < -0.39 is 10.2 Å². The minimum Gasteiger partial charge on any atom is -0.295 e. The Kier molecular flexibility index (Phi) is 5.15. The minimum atomic E-state index is -3.37. The first-order chi connectivity index (χ1) is 9.50. The maximum atomic E-state index is 11.9. The summed E-state index contributed by atoms with van der Waals surface area (Å²) in [6.07, 6.45) is 2.37. The molecule has 20 heavy (non-hydrogen) atoms. The minimum absolute atomic E-state index is 0.105. The summed E-state index contributed by atoms with van der Waals surface area (Å²) in [4.78, 5) is 2.35. The molecule has 0 aliphatic carbocycles. The standard InChI is InChI=1S/C14H23N3O2S/c1-16(2)20(18,19)15-12-14(17-10-6-7-11-17)13-8-4-3-5-9-13/h3-5,8-9,14-15H,6-7,10-12H2,1-2H3. The summed E-state index contributed by atoms with van der Waals surface area (Å²) in [5, 5.41) is 0. The molecule has 0 bridgehead atoms. The van der Waals surface area contributed by atoms with Crippen LogP contribution in [0.4, 0.5) is 0 Å². The molecule has 0 aromatic heterocycles. The van der Waals surface area contributed by atoms with E-state index in [-0.39, 0.29) is 6.04 Å². The fourth-order valence-corrected chi connectivity index (χ4v) is 3.13. The maximum Gasteiger partial charge on any atom is 0.278 e. The Bertz CT molecular complexity index is 510. The van der Waals surface area contributed by atoms with Gasteiger partial charge in [0.05, 0.1) is 0 Å². The van der Waals surface area contributed by atoms with Gasteiger partial charge in [-0.3, -0.25) is 4.90 Å². The topological polar surface area (TPSA) is 52.7 Å². The van der Waals surface area contributed by atoms with Crippen molar-refractivity contribution in [2.24, 2.45) is 0 Å². The molecule has 1 aliphatic heterocycles. The van der Waals surface area contributed by atoms with Gasteiger partial charge in [-0.1, -0.05) is 30.3 Å². The van der Waals surface area contributed by atoms with Crippen LogP contribution in [0.1, 0.15) is 24.4 Å². The largest absolute Gasteiger partial charge is 0.295 e. The second-order valence-corrected chi connectivity index (χ2v) is 7.27. The van der Waals surface area contributed by atoms with Gasteiger partial charge in [0.1, 0.15) is 0 Å².